The number of nitrogens with one attached hydrogen (secondary N) is 2. The Labute approximate surface area is 77.2 Å². The Balaban J connectivity index is 2.46. The lowest BCUT2D eigenvalue weighted by Crippen LogP contribution is -2.05. The quantitative estimate of drug-likeness (QED) is 0.596. The first kappa shape index (κ1) is 8.36. The molecular weight excluding hydrogens is 188 g/mol. The number of furan rings is 1. The summed E-state index contributed by atoms with van der Waals surface area (Å²) in [4.78, 5) is 26.4. The van der Waals surface area contributed by atoms with Gasteiger partial charge in [0.05, 0.1) is 6.26 Å². The summed E-state index contributed by atoms with van der Waals surface area (Å²) in [6.45, 7) is 0. The SMILES string of the molecule is O=C(c1ccco1)c1[nH]c(=O)[nH]c1O. The number of ketones is 1. The molecule has 6 heteroatoms. The van der Waals surface area contributed by atoms with Gasteiger partial charge in [0.2, 0.25) is 11.7 Å². The highest BCUT2D eigenvalue weighted by Crippen LogP contribution is 2.13. The molecule has 0 bridgehead atoms. The number of aromatic hydroxyl groups is 1. The van der Waals surface area contributed by atoms with Gasteiger partial charge in [0, 0.05) is 0 Å². The molecule has 3 N–H and O–H groups in total. The maximum Gasteiger partial charge on any atom is 0.326 e. The monoisotopic (exact) mass is 194 g/mol. The van der Waals surface area contributed by atoms with E-state index in [1.54, 1.807) is 0 Å². The first-order valence-corrected chi connectivity index (χ1v) is 3.78. The third-order valence-electron chi connectivity index (χ3n) is 1.68. The van der Waals surface area contributed by atoms with Crippen LogP contribution in [0, 0.1) is 0 Å². The summed E-state index contributed by atoms with van der Waals surface area (Å²) >= 11 is 0. The molecule has 0 radical (unpaired) electrons. The van der Waals surface area contributed by atoms with Crippen LogP contribution in [-0.2, 0) is 0 Å². The maximum atomic E-state index is 11.5. The van der Waals surface area contributed by atoms with Crippen LogP contribution in [0.3, 0.4) is 0 Å². The molecule has 0 fully saturated rings. The van der Waals surface area contributed by atoms with Crippen molar-refractivity contribution in [1.82, 2.24) is 9.97 Å². The van der Waals surface area contributed by atoms with Gasteiger partial charge in [-0.05, 0) is 12.1 Å². The fraction of sp³-hybridized carbons (Fsp3) is 0. The van der Waals surface area contributed by atoms with Gasteiger partial charge in [-0.25, -0.2) is 4.79 Å². The lowest BCUT2D eigenvalue weighted by molar-refractivity contribution is 0.100. The minimum Gasteiger partial charge on any atom is -0.493 e. The number of H-pyrrole nitrogens is 2. The van der Waals surface area contributed by atoms with Crippen LogP contribution in [0.5, 0.6) is 5.88 Å². The van der Waals surface area contributed by atoms with Gasteiger partial charge in [0.1, 0.15) is 0 Å². The van der Waals surface area contributed by atoms with Gasteiger partial charge >= 0.3 is 5.69 Å². The van der Waals surface area contributed by atoms with Gasteiger partial charge in [-0.15, -0.1) is 0 Å². The number of aromatic amines is 2. The molecule has 2 heterocycles. The lowest BCUT2D eigenvalue weighted by atomic mass is 10.2. The summed E-state index contributed by atoms with van der Waals surface area (Å²) in [6, 6.07) is 2.97. The van der Waals surface area contributed by atoms with Crippen molar-refractivity contribution >= 4 is 5.78 Å². The minimum atomic E-state index is -0.641. The fourth-order valence-corrected chi connectivity index (χ4v) is 1.07. The Bertz CT molecular complexity index is 506. The highest BCUT2D eigenvalue weighted by Gasteiger charge is 2.18. The van der Waals surface area contributed by atoms with Crippen LogP contribution in [0.4, 0.5) is 0 Å². The molecule has 0 unspecified atom stereocenters. The highest BCUT2D eigenvalue weighted by atomic mass is 16.3. The van der Waals surface area contributed by atoms with E-state index in [0.717, 1.165) is 0 Å². The van der Waals surface area contributed by atoms with E-state index in [1.165, 1.54) is 18.4 Å². The summed E-state index contributed by atoms with van der Waals surface area (Å²) in [6.07, 6.45) is 1.33. The van der Waals surface area contributed by atoms with Crippen molar-refractivity contribution in [3.8, 4) is 5.88 Å². The van der Waals surface area contributed by atoms with Crippen molar-refractivity contribution in [1.29, 1.82) is 0 Å². The minimum absolute atomic E-state index is 0.0514. The van der Waals surface area contributed by atoms with Gasteiger partial charge in [-0.1, -0.05) is 0 Å². The molecule has 2 aromatic rings. The van der Waals surface area contributed by atoms with E-state index in [9.17, 15) is 9.59 Å². The summed E-state index contributed by atoms with van der Waals surface area (Å²) in [7, 11) is 0. The Morgan fingerprint density at radius 3 is 2.71 bits per heavy atom. The predicted molar refractivity (Wildman–Crippen MR) is 45.2 cm³/mol. The average molecular weight is 194 g/mol. The molecule has 14 heavy (non-hydrogen) atoms. The third-order valence-corrected chi connectivity index (χ3v) is 1.68. The summed E-state index contributed by atoms with van der Waals surface area (Å²) in [5, 5.41) is 9.15. The van der Waals surface area contributed by atoms with Crippen LogP contribution in [0.15, 0.2) is 27.6 Å². The molecule has 2 aromatic heterocycles. The Morgan fingerprint density at radius 2 is 2.21 bits per heavy atom. The number of aromatic nitrogens is 2. The van der Waals surface area contributed by atoms with Gasteiger partial charge in [-0.2, -0.15) is 0 Å². The molecular formula is C8H6N2O4. The number of carbonyl (C=O) groups excluding carboxylic acids is 1. The normalized spacial score (nSPS) is 10.3. The zero-order valence-electron chi connectivity index (χ0n) is 6.90. The standard InChI is InChI=1S/C8H6N2O4/c11-6(4-2-1-3-14-4)5-7(12)10-8(13)9-5/h1-3,12H,(H2,9,10,13). The summed E-state index contributed by atoms with van der Waals surface area (Å²) in [5.74, 6) is -1.02. The van der Waals surface area contributed by atoms with E-state index < -0.39 is 17.4 Å². The topological polar surface area (TPSA) is 99.1 Å². The van der Waals surface area contributed by atoms with Gasteiger partial charge in [0.25, 0.3) is 0 Å². The van der Waals surface area contributed by atoms with Crippen LogP contribution in [0.1, 0.15) is 16.2 Å². The van der Waals surface area contributed by atoms with E-state index in [2.05, 4.69) is 4.98 Å². The van der Waals surface area contributed by atoms with Crippen molar-refractivity contribution in [2.24, 2.45) is 0 Å². The second kappa shape index (κ2) is 2.91. The molecule has 0 amide bonds. The molecule has 0 saturated heterocycles. The molecule has 0 spiro atoms. The third kappa shape index (κ3) is 1.22. The van der Waals surface area contributed by atoms with Crippen molar-refractivity contribution in [2.75, 3.05) is 0 Å². The van der Waals surface area contributed by atoms with Crippen LogP contribution < -0.4 is 5.69 Å². The zero-order chi connectivity index (χ0) is 10.1. The van der Waals surface area contributed by atoms with Crippen molar-refractivity contribution < 1.29 is 14.3 Å². The molecule has 0 atom stereocenters. The van der Waals surface area contributed by atoms with Crippen LogP contribution >= 0.6 is 0 Å². The summed E-state index contributed by atoms with van der Waals surface area (Å²) < 4.78 is 4.82. The molecule has 2 rings (SSSR count). The zero-order valence-corrected chi connectivity index (χ0v) is 6.90. The predicted octanol–water partition coefficient (Wildman–Crippen LogP) is 0.233. The molecule has 0 aliphatic carbocycles. The van der Waals surface area contributed by atoms with Gasteiger partial charge in [-0.3, -0.25) is 14.8 Å². The van der Waals surface area contributed by atoms with E-state index in [4.69, 9.17) is 9.52 Å². The van der Waals surface area contributed by atoms with E-state index in [-0.39, 0.29) is 11.5 Å². The molecule has 0 aliphatic heterocycles. The van der Waals surface area contributed by atoms with E-state index >= 15 is 0 Å². The number of hydrogen-bond donors (Lipinski definition) is 3. The molecule has 0 saturated carbocycles. The number of imidazole rings is 1. The Hall–Kier alpha value is -2.24. The van der Waals surface area contributed by atoms with Crippen molar-refractivity contribution in [3.05, 3.63) is 40.3 Å². The Morgan fingerprint density at radius 1 is 1.43 bits per heavy atom. The van der Waals surface area contributed by atoms with Crippen LogP contribution in [0.25, 0.3) is 0 Å². The van der Waals surface area contributed by atoms with E-state index in [0.29, 0.717) is 0 Å². The van der Waals surface area contributed by atoms with Gasteiger partial charge < -0.3 is 9.52 Å². The lowest BCUT2D eigenvalue weighted by Gasteiger charge is -1.92. The van der Waals surface area contributed by atoms with Gasteiger partial charge in [0.15, 0.2) is 11.5 Å². The number of rotatable bonds is 2. The first-order valence-electron chi connectivity index (χ1n) is 3.78. The molecule has 72 valence electrons. The maximum absolute atomic E-state index is 11.5. The average Bonchev–Trinajstić information content (AvgIpc) is 2.73. The van der Waals surface area contributed by atoms with Crippen LogP contribution in [0.2, 0.25) is 0 Å². The molecule has 0 aromatic carbocycles. The molecule has 0 aliphatic rings. The largest absolute Gasteiger partial charge is 0.493 e. The fourth-order valence-electron chi connectivity index (χ4n) is 1.07. The second-order valence-corrected chi connectivity index (χ2v) is 2.61. The number of carbonyl (C=O) groups is 1. The Kier molecular flexibility index (Phi) is 1.74. The van der Waals surface area contributed by atoms with E-state index in [1.807, 2.05) is 4.98 Å². The van der Waals surface area contributed by atoms with Crippen molar-refractivity contribution in [3.63, 3.8) is 0 Å². The van der Waals surface area contributed by atoms with Crippen molar-refractivity contribution in [2.45, 2.75) is 0 Å². The second-order valence-electron chi connectivity index (χ2n) is 2.61. The molecule has 6 nitrogen and oxygen atoms in total. The highest BCUT2D eigenvalue weighted by molar-refractivity contribution is 6.07. The van der Waals surface area contributed by atoms with Crippen LogP contribution in [-0.4, -0.2) is 20.9 Å². The summed E-state index contributed by atoms with van der Waals surface area (Å²) in [5.41, 5.74) is -0.845. The smallest absolute Gasteiger partial charge is 0.326 e. The first-order chi connectivity index (χ1) is 6.68. The number of hydrogen-bond acceptors (Lipinski definition) is 4.